The predicted octanol–water partition coefficient (Wildman–Crippen LogP) is 3.20. The van der Waals surface area contributed by atoms with Crippen molar-refractivity contribution in [2.45, 2.75) is 45.6 Å². The molecule has 1 aromatic carbocycles. The van der Waals surface area contributed by atoms with Gasteiger partial charge in [-0.1, -0.05) is 55.0 Å². The van der Waals surface area contributed by atoms with Crippen LogP contribution < -0.4 is 15.8 Å². The molecule has 0 unspecified atom stereocenters. The molecule has 3 heterocycles. The number of carbonyl (C=O) groups is 1. The highest BCUT2D eigenvalue weighted by Crippen LogP contribution is 2.27. The van der Waals surface area contributed by atoms with Gasteiger partial charge < -0.3 is 10.2 Å². The van der Waals surface area contributed by atoms with E-state index in [-0.39, 0.29) is 23.4 Å². The van der Waals surface area contributed by atoms with E-state index in [1.807, 2.05) is 37.3 Å². The zero-order chi connectivity index (χ0) is 21.1. The van der Waals surface area contributed by atoms with E-state index in [1.54, 1.807) is 6.07 Å². The van der Waals surface area contributed by atoms with Crippen LogP contribution in [0.15, 0.2) is 41.2 Å². The molecule has 158 valence electrons. The minimum atomic E-state index is -0.130. The van der Waals surface area contributed by atoms with E-state index in [2.05, 4.69) is 27.2 Å². The Hall–Kier alpha value is -2.74. The van der Waals surface area contributed by atoms with Gasteiger partial charge in [-0.25, -0.2) is 4.98 Å². The Kier molecular flexibility index (Phi) is 6.13. The largest absolute Gasteiger partial charge is 0.349 e. The molecule has 0 radical (unpaired) electrons. The lowest BCUT2D eigenvalue weighted by molar-refractivity contribution is -0.126. The highest BCUT2D eigenvalue weighted by Gasteiger charge is 2.27. The fourth-order valence-corrected chi connectivity index (χ4v) is 4.83. The van der Waals surface area contributed by atoms with Crippen molar-refractivity contribution in [3.8, 4) is 0 Å². The number of anilines is 1. The second-order valence-electron chi connectivity index (χ2n) is 7.82. The Labute approximate surface area is 179 Å². The van der Waals surface area contributed by atoms with Crippen molar-refractivity contribution in [3.05, 3.63) is 58.0 Å². The molecule has 1 aliphatic heterocycles. The lowest BCUT2D eigenvalue weighted by atomic mass is 9.95. The summed E-state index contributed by atoms with van der Waals surface area (Å²) in [5, 5.41) is 8.42. The molecule has 0 spiro atoms. The molecular formula is C22H27N5O2S. The molecule has 0 aliphatic carbocycles. The van der Waals surface area contributed by atoms with E-state index in [4.69, 9.17) is 0 Å². The van der Waals surface area contributed by atoms with Crippen LogP contribution in [0.25, 0.3) is 4.96 Å². The summed E-state index contributed by atoms with van der Waals surface area (Å²) in [6.45, 7) is 5.58. The first-order valence-corrected chi connectivity index (χ1v) is 11.4. The molecule has 1 saturated heterocycles. The number of hydrogen-bond acceptors (Lipinski definition) is 6. The lowest BCUT2D eigenvalue weighted by Gasteiger charge is -2.31. The summed E-state index contributed by atoms with van der Waals surface area (Å²) < 4.78 is 1.39. The summed E-state index contributed by atoms with van der Waals surface area (Å²) in [7, 11) is 0. The first kappa shape index (κ1) is 20.5. The number of amides is 1. The average Bonchev–Trinajstić information content (AvgIpc) is 3.19. The number of fused-ring (bicyclic) bond motifs is 1. The van der Waals surface area contributed by atoms with Crippen molar-refractivity contribution in [1.29, 1.82) is 0 Å². The number of hydrogen-bond donors (Lipinski definition) is 1. The lowest BCUT2D eigenvalue weighted by Crippen LogP contribution is -2.41. The molecule has 7 nitrogen and oxygen atoms in total. The molecule has 0 saturated carbocycles. The van der Waals surface area contributed by atoms with Gasteiger partial charge in [0, 0.05) is 30.8 Å². The molecule has 1 atom stereocenters. The number of rotatable bonds is 6. The van der Waals surface area contributed by atoms with E-state index in [0.29, 0.717) is 4.96 Å². The monoisotopic (exact) mass is 425 g/mol. The van der Waals surface area contributed by atoms with Gasteiger partial charge in [0.25, 0.3) is 5.56 Å². The summed E-state index contributed by atoms with van der Waals surface area (Å²) in [6.07, 6.45) is 3.28. The van der Waals surface area contributed by atoms with Crippen LogP contribution in [-0.2, 0) is 11.2 Å². The van der Waals surface area contributed by atoms with Gasteiger partial charge in [0.05, 0.1) is 6.04 Å². The maximum absolute atomic E-state index is 12.7. The van der Waals surface area contributed by atoms with Crippen LogP contribution in [0.5, 0.6) is 0 Å². The molecule has 1 fully saturated rings. The average molecular weight is 426 g/mol. The Bertz CT molecular complexity index is 1070. The smallest absolute Gasteiger partial charge is 0.275 e. The highest BCUT2D eigenvalue weighted by atomic mass is 32.1. The van der Waals surface area contributed by atoms with Crippen LogP contribution in [0.2, 0.25) is 0 Å². The molecule has 4 rings (SSSR count). The number of piperidine rings is 1. The summed E-state index contributed by atoms with van der Waals surface area (Å²) in [5.41, 5.74) is 1.80. The van der Waals surface area contributed by atoms with Crippen molar-refractivity contribution in [3.63, 3.8) is 0 Å². The fourth-order valence-electron chi connectivity index (χ4n) is 3.85. The predicted molar refractivity (Wildman–Crippen MR) is 119 cm³/mol. The number of aryl methyl sites for hydroxylation is 1. The summed E-state index contributed by atoms with van der Waals surface area (Å²) in [4.78, 5) is 32.4. The maximum Gasteiger partial charge on any atom is 0.275 e. The van der Waals surface area contributed by atoms with Gasteiger partial charge in [-0.3, -0.25) is 9.59 Å². The van der Waals surface area contributed by atoms with Gasteiger partial charge in [-0.2, -0.15) is 4.52 Å². The summed E-state index contributed by atoms with van der Waals surface area (Å²) in [5.74, 6) is 0.108. The number of carbonyl (C=O) groups excluding carboxylic acids is 1. The van der Waals surface area contributed by atoms with E-state index in [9.17, 15) is 9.59 Å². The van der Waals surface area contributed by atoms with Crippen molar-refractivity contribution in [1.82, 2.24) is 19.9 Å². The summed E-state index contributed by atoms with van der Waals surface area (Å²) in [6, 6.07) is 11.6. The number of nitrogens with one attached hydrogen (secondary N) is 1. The zero-order valence-electron chi connectivity index (χ0n) is 17.4. The molecule has 30 heavy (non-hydrogen) atoms. The van der Waals surface area contributed by atoms with Crippen molar-refractivity contribution >= 4 is 27.3 Å². The van der Waals surface area contributed by atoms with Crippen molar-refractivity contribution in [2.75, 3.05) is 18.0 Å². The molecule has 0 bridgehead atoms. The van der Waals surface area contributed by atoms with Crippen molar-refractivity contribution < 1.29 is 4.79 Å². The second kappa shape index (κ2) is 8.95. The number of benzene rings is 1. The third kappa shape index (κ3) is 4.38. The van der Waals surface area contributed by atoms with Crippen LogP contribution in [0.4, 0.5) is 5.13 Å². The molecule has 3 aromatic rings. The molecule has 8 heteroatoms. The SMILES string of the molecule is CCCc1cc(=O)n2nc(N3CCC(C(=O)N[C@@H](C)c4ccccc4)CC3)sc2n1. The first-order valence-electron chi connectivity index (χ1n) is 10.5. The molecule has 2 aromatic heterocycles. The second-order valence-corrected chi connectivity index (χ2v) is 8.75. The number of nitrogens with zero attached hydrogens (tertiary/aromatic N) is 4. The Morgan fingerprint density at radius 3 is 2.70 bits per heavy atom. The van der Waals surface area contributed by atoms with Crippen LogP contribution in [0, 0.1) is 5.92 Å². The van der Waals surface area contributed by atoms with E-state index >= 15 is 0 Å². The minimum Gasteiger partial charge on any atom is -0.349 e. The Balaban J connectivity index is 1.39. The van der Waals surface area contributed by atoms with Crippen LogP contribution in [-0.4, -0.2) is 33.6 Å². The van der Waals surface area contributed by atoms with Gasteiger partial charge in [-0.05, 0) is 31.7 Å². The normalized spacial score (nSPS) is 16.0. The minimum absolute atomic E-state index is 0.00112. The third-order valence-corrected chi connectivity index (χ3v) is 6.56. The molecule has 1 N–H and O–H groups in total. The third-order valence-electron chi connectivity index (χ3n) is 5.59. The molecule has 1 amide bonds. The first-order chi connectivity index (χ1) is 14.5. The molecule has 1 aliphatic rings. The molecular weight excluding hydrogens is 398 g/mol. The maximum atomic E-state index is 12.7. The van der Waals surface area contributed by atoms with E-state index < -0.39 is 0 Å². The van der Waals surface area contributed by atoms with Gasteiger partial charge in [0.2, 0.25) is 16.0 Å². The van der Waals surface area contributed by atoms with E-state index in [0.717, 1.165) is 55.2 Å². The Morgan fingerprint density at radius 1 is 1.27 bits per heavy atom. The van der Waals surface area contributed by atoms with Gasteiger partial charge in [0.1, 0.15) is 0 Å². The van der Waals surface area contributed by atoms with Gasteiger partial charge >= 0.3 is 0 Å². The van der Waals surface area contributed by atoms with Gasteiger partial charge in [0.15, 0.2) is 0 Å². The van der Waals surface area contributed by atoms with E-state index in [1.165, 1.54) is 15.9 Å². The topological polar surface area (TPSA) is 79.6 Å². The van der Waals surface area contributed by atoms with Crippen molar-refractivity contribution in [2.24, 2.45) is 5.92 Å². The fraction of sp³-hybridized carbons (Fsp3) is 0.455. The Morgan fingerprint density at radius 2 is 2.00 bits per heavy atom. The highest BCUT2D eigenvalue weighted by molar-refractivity contribution is 7.20. The summed E-state index contributed by atoms with van der Waals surface area (Å²) >= 11 is 1.44. The number of aromatic nitrogens is 3. The van der Waals surface area contributed by atoms with Gasteiger partial charge in [-0.15, -0.1) is 5.10 Å². The zero-order valence-corrected chi connectivity index (χ0v) is 18.2. The van der Waals surface area contributed by atoms with Crippen LogP contribution >= 0.6 is 11.3 Å². The van der Waals surface area contributed by atoms with Crippen LogP contribution in [0.3, 0.4) is 0 Å². The standard InChI is InChI=1S/C22H27N5O2S/c1-3-7-18-14-19(28)27-21(24-18)30-22(25-27)26-12-10-17(11-13-26)20(29)23-15(2)16-8-5-4-6-9-16/h4-6,8-9,14-15,17H,3,7,10-13H2,1-2H3,(H,23,29)/t15-/m0/s1. The van der Waals surface area contributed by atoms with Crippen LogP contribution in [0.1, 0.15) is 50.4 Å². The quantitative estimate of drug-likeness (QED) is 0.656.